The molecule has 0 saturated carbocycles. The number of halogens is 3. The molecule has 1 aromatic carbocycles. The number of aliphatic imine (C=N–C) groups is 1. The first-order chi connectivity index (χ1) is 14.4. The summed E-state index contributed by atoms with van der Waals surface area (Å²) in [5.74, 6) is 0.618. The molecule has 0 unspecified atom stereocenters. The van der Waals surface area contributed by atoms with Crippen molar-refractivity contribution < 1.29 is 17.9 Å². The highest BCUT2D eigenvalue weighted by Gasteiger charge is 2.35. The van der Waals surface area contributed by atoms with Gasteiger partial charge in [0.25, 0.3) is 0 Å². The molecule has 152 valence electrons. The second-order valence-electron chi connectivity index (χ2n) is 6.65. The molecule has 0 fully saturated rings. The number of benzene rings is 1. The third-order valence-electron chi connectivity index (χ3n) is 4.82. The molecule has 8 heteroatoms. The van der Waals surface area contributed by atoms with Crippen LogP contribution in [0.25, 0.3) is 11.3 Å². The van der Waals surface area contributed by atoms with Gasteiger partial charge < -0.3 is 10.5 Å². The van der Waals surface area contributed by atoms with E-state index in [1.54, 1.807) is 42.9 Å². The fraction of sp³-hybridized carbons (Fsp3) is 0.136. The summed E-state index contributed by atoms with van der Waals surface area (Å²) in [6, 6.07) is 10.7. The Morgan fingerprint density at radius 2 is 1.77 bits per heavy atom. The lowest BCUT2D eigenvalue weighted by Crippen LogP contribution is -2.12. The van der Waals surface area contributed by atoms with Crippen molar-refractivity contribution >= 4 is 22.8 Å². The molecule has 3 aromatic rings. The minimum absolute atomic E-state index is 0.0573. The maximum absolute atomic E-state index is 13.6. The second-order valence-corrected chi connectivity index (χ2v) is 6.65. The van der Waals surface area contributed by atoms with Crippen molar-refractivity contribution in [2.45, 2.75) is 12.6 Å². The van der Waals surface area contributed by atoms with E-state index in [1.165, 1.54) is 19.2 Å². The van der Waals surface area contributed by atoms with Gasteiger partial charge in [0, 0.05) is 41.7 Å². The van der Waals surface area contributed by atoms with E-state index in [1.807, 2.05) is 0 Å². The summed E-state index contributed by atoms with van der Waals surface area (Å²) in [5.41, 5.74) is 8.22. The third kappa shape index (κ3) is 3.63. The Morgan fingerprint density at radius 3 is 2.47 bits per heavy atom. The molecule has 0 atom stereocenters. The van der Waals surface area contributed by atoms with Gasteiger partial charge in [-0.2, -0.15) is 13.2 Å². The van der Waals surface area contributed by atoms with Crippen LogP contribution in [0.5, 0.6) is 5.75 Å². The summed E-state index contributed by atoms with van der Waals surface area (Å²) in [4.78, 5) is 12.8. The smallest absolute Gasteiger partial charge is 0.417 e. The average Bonchev–Trinajstić information content (AvgIpc) is 3.19. The van der Waals surface area contributed by atoms with E-state index in [2.05, 4.69) is 15.0 Å². The highest BCUT2D eigenvalue weighted by atomic mass is 19.4. The van der Waals surface area contributed by atoms with Gasteiger partial charge in [0.05, 0.1) is 24.1 Å². The Bertz CT molecular complexity index is 1150. The molecule has 3 heterocycles. The van der Waals surface area contributed by atoms with E-state index in [0.717, 1.165) is 17.2 Å². The first-order valence-corrected chi connectivity index (χ1v) is 9.06. The molecular weight excluding hydrogens is 393 g/mol. The number of methoxy groups -OCH3 is 1. The molecule has 30 heavy (non-hydrogen) atoms. The molecular formula is C22H17F3N4O. The SMILES string of the molecule is COc1cc(C2=C(c3ccncc3)N=C(c3ccccc3C(F)(F)F)C2)cnc1N. The number of allylic oxidation sites excluding steroid dienone is 1. The zero-order chi connectivity index (χ0) is 21.3. The van der Waals surface area contributed by atoms with Crippen LogP contribution in [0.3, 0.4) is 0 Å². The highest BCUT2D eigenvalue weighted by Crippen LogP contribution is 2.40. The molecule has 4 rings (SSSR count). The number of alkyl halides is 3. The van der Waals surface area contributed by atoms with E-state index in [0.29, 0.717) is 22.7 Å². The molecule has 5 nitrogen and oxygen atoms in total. The summed E-state index contributed by atoms with van der Waals surface area (Å²) in [6.45, 7) is 0. The monoisotopic (exact) mass is 410 g/mol. The van der Waals surface area contributed by atoms with Crippen molar-refractivity contribution in [2.24, 2.45) is 4.99 Å². The fourth-order valence-corrected chi connectivity index (χ4v) is 3.40. The molecule has 0 amide bonds. The van der Waals surface area contributed by atoms with Crippen LogP contribution in [0.15, 0.2) is 66.0 Å². The zero-order valence-electron chi connectivity index (χ0n) is 15.9. The standard InChI is InChI=1S/C22H17F3N4O/c1-30-19-10-14(12-28-21(19)26)16-11-18(29-20(16)13-6-8-27-9-7-13)15-4-2-3-5-17(15)22(23,24)25/h2-10,12H,11H2,1H3,(H2,26,28). The number of pyridine rings is 2. The summed E-state index contributed by atoms with van der Waals surface area (Å²) in [6.07, 6.45) is 0.518. The van der Waals surface area contributed by atoms with E-state index < -0.39 is 11.7 Å². The molecule has 2 aromatic heterocycles. The summed E-state index contributed by atoms with van der Waals surface area (Å²) in [7, 11) is 1.48. The van der Waals surface area contributed by atoms with Crippen LogP contribution in [0.1, 0.15) is 28.7 Å². The van der Waals surface area contributed by atoms with Crippen molar-refractivity contribution in [1.29, 1.82) is 0 Å². The van der Waals surface area contributed by atoms with Crippen LogP contribution in [0.2, 0.25) is 0 Å². The predicted molar refractivity (Wildman–Crippen MR) is 109 cm³/mol. The Labute approximate surface area is 170 Å². The quantitative estimate of drug-likeness (QED) is 0.668. The van der Waals surface area contributed by atoms with E-state index >= 15 is 0 Å². The van der Waals surface area contributed by atoms with Crippen molar-refractivity contribution in [3.63, 3.8) is 0 Å². The number of nitrogen functional groups attached to an aromatic ring is 1. The topological polar surface area (TPSA) is 73.4 Å². The van der Waals surface area contributed by atoms with E-state index in [4.69, 9.17) is 10.5 Å². The zero-order valence-corrected chi connectivity index (χ0v) is 15.9. The van der Waals surface area contributed by atoms with Crippen molar-refractivity contribution in [3.8, 4) is 5.75 Å². The maximum atomic E-state index is 13.6. The molecule has 0 bridgehead atoms. The van der Waals surface area contributed by atoms with Gasteiger partial charge in [-0.05, 0) is 29.8 Å². The third-order valence-corrected chi connectivity index (χ3v) is 4.82. The lowest BCUT2D eigenvalue weighted by atomic mass is 9.95. The molecule has 2 N–H and O–H groups in total. The normalized spacial score (nSPS) is 14.1. The van der Waals surface area contributed by atoms with Crippen molar-refractivity contribution in [3.05, 3.63) is 83.3 Å². The molecule has 0 saturated heterocycles. The summed E-state index contributed by atoms with van der Waals surface area (Å²) in [5, 5.41) is 0. The first-order valence-electron chi connectivity index (χ1n) is 9.06. The van der Waals surface area contributed by atoms with Gasteiger partial charge in [-0.3, -0.25) is 9.98 Å². The lowest BCUT2D eigenvalue weighted by Gasteiger charge is -2.13. The van der Waals surface area contributed by atoms with Gasteiger partial charge in [-0.25, -0.2) is 4.98 Å². The summed E-state index contributed by atoms with van der Waals surface area (Å²) >= 11 is 0. The molecule has 0 radical (unpaired) electrons. The second kappa shape index (κ2) is 7.62. The molecule has 0 aliphatic carbocycles. The number of nitrogens with zero attached hydrogens (tertiary/aromatic N) is 3. The minimum atomic E-state index is -4.48. The molecule has 1 aliphatic heterocycles. The van der Waals surface area contributed by atoms with Crippen molar-refractivity contribution in [1.82, 2.24) is 9.97 Å². The van der Waals surface area contributed by atoms with Gasteiger partial charge in [-0.1, -0.05) is 18.2 Å². The van der Waals surface area contributed by atoms with E-state index in [9.17, 15) is 13.2 Å². The average molecular weight is 410 g/mol. The van der Waals surface area contributed by atoms with Gasteiger partial charge >= 0.3 is 6.18 Å². The van der Waals surface area contributed by atoms with Crippen LogP contribution < -0.4 is 10.5 Å². The van der Waals surface area contributed by atoms with Gasteiger partial charge in [-0.15, -0.1) is 0 Å². The predicted octanol–water partition coefficient (Wildman–Crippen LogP) is 4.85. The van der Waals surface area contributed by atoms with Gasteiger partial charge in [0.15, 0.2) is 11.6 Å². The van der Waals surface area contributed by atoms with Crippen LogP contribution in [-0.2, 0) is 6.18 Å². The number of rotatable bonds is 4. The lowest BCUT2D eigenvalue weighted by molar-refractivity contribution is -0.137. The number of hydrogen-bond acceptors (Lipinski definition) is 5. The number of ether oxygens (including phenoxy) is 1. The van der Waals surface area contributed by atoms with Crippen LogP contribution in [-0.4, -0.2) is 22.8 Å². The number of hydrogen-bond donors (Lipinski definition) is 1. The van der Waals surface area contributed by atoms with Crippen LogP contribution >= 0.6 is 0 Å². The highest BCUT2D eigenvalue weighted by molar-refractivity contribution is 6.17. The first kappa shape index (κ1) is 19.6. The summed E-state index contributed by atoms with van der Waals surface area (Å²) < 4.78 is 46.0. The molecule has 1 aliphatic rings. The number of aromatic nitrogens is 2. The maximum Gasteiger partial charge on any atom is 0.417 e. The number of anilines is 1. The largest absolute Gasteiger partial charge is 0.493 e. The number of nitrogens with two attached hydrogens (primary N) is 1. The van der Waals surface area contributed by atoms with Gasteiger partial charge in [0.2, 0.25) is 0 Å². The van der Waals surface area contributed by atoms with Crippen molar-refractivity contribution in [2.75, 3.05) is 12.8 Å². The van der Waals surface area contributed by atoms with Crippen LogP contribution in [0.4, 0.5) is 19.0 Å². The Kier molecular flexibility index (Phi) is 4.99. The molecule has 0 spiro atoms. The Balaban J connectivity index is 1.86. The van der Waals surface area contributed by atoms with Gasteiger partial charge in [0.1, 0.15) is 0 Å². The minimum Gasteiger partial charge on any atom is -0.493 e. The Hall–Kier alpha value is -3.68. The Morgan fingerprint density at radius 1 is 1.03 bits per heavy atom. The van der Waals surface area contributed by atoms with Crippen LogP contribution in [0, 0.1) is 0 Å². The fourth-order valence-electron chi connectivity index (χ4n) is 3.40. The van der Waals surface area contributed by atoms with E-state index in [-0.39, 0.29) is 17.8 Å².